The number of carbonyl (C=O) groups is 2. The fourth-order valence-electron chi connectivity index (χ4n) is 2.01. The molecule has 0 aromatic heterocycles. The molecule has 1 N–H and O–H groups in total. The van der Waals surface area contributed by atoms with Crippen LogP contribution >= 0.6 is 0 Å². The van der Waals surface area contributed by atoms with E-state index < -0.39 is 23.3 Å². The number of ether oxygens (including phenoxy) is 2. The van der Waals surface area contributed by atoms with Crippen molar-refractivity contribution in [2.75, 3.05) is 0 Å². The van der Waals surface area contributed by atoms with Gasteiger partial charge in [-0.3, -0.25) is 9.59 Å². The molecular weight excluding hydrogens is 236 g/mol. The lowest BCUT2D eigenvalue weighted by molar-refractivity contribution is -0.274. The van der Waals surface area contributed by atoms with E-state index in [0.29, 0.717) is 25.7 Å². The van der Waals surface area contributed by atoms with Crippen molar-refractivity contribution in [3.63, 3.8) is 0 Å². The minimum Gasteiger partial charge on any atom is -0.419 e. The van der Waals surface area contributed by atoms with Crippen LogP contribution in [0.1, 0.15) is 53.4 Å². The van der Waals surface area contributed by atoms with E-state index in [2.05, 4.69) is 6.92 Å². The number of aliphatic hydroxyl groups is 1. The second kappa shape index (κ2) is 6.73. The zero-order valence-corrected chi connectivity index (χ0v) is 11.6. The molecule has 105 valence electrons. The molecule has 5 heteroatoms. The van der Waals surface area contributed by atoms with Crippen LogP contribution in [0.4, 0.5) is 0 Å². The Labute approximate surface area is 108 Å². The summed E-state index contributed by atoms with van der Waals surface area (Å²) in [5.41, 5.74) is -1.48. The summed E-state index contributed by atoms with van der Waals surface area (Å²) in [7, 11) is 0. The van der Waals surface area contributed by atoms with Crippen LogP contribution < -0.4 is 0 Å². The Bertz CT molecular complexity index is 276. The van der Waals surface area contributed by atoms with E-state index in [4.69, 9.17) is 9.47 Å². The molecule has 0 aliphatic rings. The van der Waals surface area contributed by atoms with E-state index in [1.54, 1.807) is 0 Å². The first-order valence-electron chi connectivity index (χ1n) is 6.17. The van der Waals surface area contributed by atoms with Crippen LogP contribution in [0.25, 0.3) is 0 Å². The summed E-state index contributed by atoms with van der Waals surface area (Å²) >= 11 is 0. The molecule has 0 aromatic carbocycles. The third-order valence-corrected chi connectivity index (χ3v) is 2.65. The van der Waals surface area contributed by atoms with Crippen molar-refractivity contribution in [1.29, 1.82) is 0 Å². The highest BCUT2D eigenvalue weighted by Crippen LogP contribution is 2.35. The molecule has 0 unspecified atom stereocenters. The standard InChI is InChI=1S/C13H23O5/c1-6-8-13(16,9-7-2)12(5,17-10(3)14)18-11(4)15/h16H,5-9H2,1-4H3. The SMILES string of the molecule is [CH2]C(OC(C)=O)(OC(C)=O)C(O)(CCC)CCC. The van der Waals surface area contributed by atoms with Crippen LogP contribution in [0.5, 0.6) is 0 Å². The Morgan fingerprint density at radius 1 is 1.06 bits per heavy atom. The van der Waals surface area contributed by atoms with Crippen molar-refractivity contribution in [2.24, 2.45) is 0 Å². The second-order valence-corrected chi connectivity index (χ2v) is 4.47. The molecule has 0 atom stereocenters. The molecule has 0 amide bonds. The lowest BCUT2D eigenvalue weighted by Crippen LogP contribution is -2.57. The van der Waals surface area contributed by atoms with E-state index >= 15 is 0 Å². The molecule has 0 aliphatic heterocycles. The molecule has 0 aliphatic carbocycles. The van der Waals surface area contributed by atoms with Crippen LogP contribution in [0.2, 0.25) is 0 Å². The number of rotatable bonds is 7. The van der Waals surface area contributed by atoms with Gasteiger partial charge in [-0.1, -0.05) is 26.7 Å². The Morgan fingerprint density at radius 3 is 1.61 bits per heavy atom. The van der Waals surface area contributed by atoms with E-state index in [-0.39, 0.29) is 0 Å². The van der Waals surface area contributed by atoms with E-state index in [1.165, 1.54) is 13.8 Å². The lowest BCUT2D eigenvalue weighted by Gasteiger charge is -2.42. The topological polar surface area (TPSA) is 72.8 Å². The summed E-state index contributed by atoms with van der Waals surface area (Å²) in [6.45, 7) is 9.74. The van der Waals surface area contributed by atoms with Gasteiger partial charge in [-0.25, -0.2) is 0 Å². The van der Waals surface area contributed by atoms with Gasteiger partial charge < -0.3 is 14.6 Å². The molecule has 18 heavy (non-hydrogen) atoms. The predicted molar refractivity (Wildman–Crippen MR) is 66.4 cm³/mol. The summed E-state index contributed by atoms with van der Waals surface area (Å²) in [6.07, 6.45) is 1.95. The molecule has 0 spiro atoms. The molecule has 5 nitrogen and oxygen atoms in total. The van der Waals surface area contributed by atoms with Crippen molar-refractivity contribution in [3.8, 4) is 0 Å². The van der Waals surface area contributed by atoms with Gasteiger partial charge in [0.05, 0.1) is 0 Å². The molecule has 0 fully saturated rings. The normalized spacial score (nSPS) is 12.1. The Balaban J connectivity index is 5.32. The maximum absolute atomic E-state index is 11.1. The Kier molecular flexibility index (Phi) is 6.32. The van der Waals surface area contributed by atoms with Crippen molar-refractivity contribution >= 4 is 11.9 Å². The van der Waals surface area contributed by atoms with Crippen molar-refractivity contribution in [2.45, 2.75) is 64.8 Å². The smallest absolute Gasteiger partial charge is 0.306 e. The van der Waals surface area contributed by atoms with Gasteiger partial charge in [0.15, 0.2) is 0 Å². The molecule has 0 aromatic rings. The van der Waals surface area contributed by atoms with Gasteiger partial charge in [0.2, 0.25) is 0 Å². The van der Waals surface area contributed by atoms with Gasteiger partial charge in [0.25, 0.3) is 5.79 Å². The first-order chi connectivity index (χ1) is 8.20. The maximum Gasteiger partial charge on any atom is 0.306 e. The highest BCUT2D eigenvalue weighted by Gasteiger charge is 2.52. The largest absolute Gasteiger partial charge is 0.419 e. The van der Waals surface area contributed by atoms with Gasteiger partial charge in [-0.15, -0.1) is 0 Å². The summed E-state index contributed by atoms with van der Waals surface area (Å²) in [5.74, 6) is -3.20. The third-order valence-electron chi connectivity index (χ3n) is 2.65. The van der Waals surface area contributed by atoms with E-state index in [9.17, 15) is 14.7 Å². The maximum atomic E-state index is 11.1. The van der Waals surface area contributed by atoms with Gasteiger partial charge >= 0.3 is 11.9 Å². The summed E-state index contributed by atoms with van der Waals surface area (Å²) in [6, 6.07) is 0. The van der Waals surface area contributed by atoms with Gasteiger partial charge in [-0.05, 0) is 12.8 Å². The Morgan fingerprint density at radius 2 is 1.39 bits per heavy atom. The predicted octanol–water partition coefficient (Wildman–Crippen LogP) is 1.97. The number of carbonyl (C=O) groups excluding carboxylic acids is 2. The number of hydrogen-bond donors (Lipinski definition) is 1. The average molecular weight is 259 g/mol. The fraction of sp³-hybridized carbons (Fsp3) is 0.769. The zero-order valence-electron chi connectivity index (χ0n) is 11.6. The van der Waals surface area contributed by atoms with Crippen molar-refractivity contribution < 1.29 is 24.2 Å². The molecule has 0 heterocycles. The number of esters is 2. The highest BCUT2D eigenvalue weighted by atomic mass is 16.7. The number of hydrogen-bond acceptors (Lipinski definition) is 5. The average Bonchev–Trinajstić information content (AvgIpc) is 2.15. The quantitative estimate of drug-likeness (QED) is 0.559. The minimum atomic E-state index is -1.89. The van der Waals surface area contributed by atoms with Crippen LogP contribution in [-0.2, 0) is 19.1 Å². The van der Waals surface area contributed by atoms with Crippen molar-refractivity contribution in [3.05, 3.63) is 6.92 Å². The molecular formula is C13H23O5. The summed E-state index contributed by atoms with van der Waals surface area (Å²) in [4.78, 5) is 22.3. The fourth-order valence-corrected chi connectivity index (χ4v) is 2.01. The molecule has 1 radical (unpaired) electrons. The third kappa shape index (κ3) is 4.29. The van der Waals surface area contributed by atoms with Crippen molar-refractivity contribution in [1.82, 2.24) is 0 Å². The molecule has 0 bridgehead atoms. The lowest BCUT2D eigenvalue weighted by atomic mass is 9.84. The van der Waals surface area contributed by atoms with Crippen LogP contribution in [0.3, 0.4) is 0 Å². The van der Waals surface area contributed by atoms with E-state index in [0.717, 1.165) is 0 Å². The first kappa shape index (κ1) is 16.9. The molecule has 0 saturated carbocycles. The molecule has 0 rings (SSSR count). The minimum absolute atomic E-state index is 0.324. The van der Waals surface area contributed by atoms with Gasteiger partial charge in [0, 0.05) is 20.8 Å². The van der Waals surface area contributed by atoms with Crippen LogP contribution in [0.15, 0.2) is 0 Å². The first-order valence-corrected chi connectivity index (χ1v) is 6.17. The monoisotopic (exact) mass is 259 g/mol. The summed E-state index contributed by atoms with van der Waals surface area (Å²) < 4.78 is 9.95. The molecule has 0 saturated heterocycles. The van der Waals surface area contributed by atoms with Gasteiger partial charge in [-0.2, -0.15) is 0 Å². The van der Waals surface area contributed by atoms with E-state index in [1.807, 2.05) is 13.8 Å². The zero-order chi connectivity index (χ0) is 14.4. The Hall–Kier alpha value is -1.10. The van der Waals surface area contributed by atoms with Crippen LogP contribution in [-0.4, -0.2) is 28.4 Å². The summed E-state index contributed by atoms with van der Waals surface area (Å²) in [5, 5.41) is 10.6. The highest BCUT2D eigenvalue weighted by molar-refractivity contribution is 5.69. The second-order valence-electron chi connectivity index (χ2n) is 4.47. The van der Waals surface area contributed by atoms with Gasteiger partial charge in [0.1, 0.15) is 5.60 Å². The van der Waals surface area contributed by atoms with Crippen LogP contribution in [0, 0.1) is 6.92 Å².